The Morgan fingerprint density at radius 1 is 1.02 bits per heavy atom. The van der Waals surface area contributed by atoms with Gasteiger partial charge in [0.25, 0.3) is 0 Å². The molecule has 3 aromatic rings. The van der Waals surface area contributed by atoms with Gasteiger partial charge in [-0.25, -0.2) is 13.4 Å². The van der Waals surface area contributed by atoms with Crippen molar-refractivity contribution in [2.75, 3.05) is 43.9 Å². The summed E-state index contributed by atoms with van der Waals surface area (Å²) in [5.74, 6) is 2.18. The van der Waals surface area contributed by atoms with Gasteiger partial charge in [-0.1, -0.05) is 6.92 Å². The average molecular weight is 594 g/mol. The van der Waals surface area contributed by atoms with Crippen molar-refractivity contribution in [1.82, 2.24) is 34.3 Å². The van der Waals surface area contributed by atoms with Crippen molar-refractivity contribution >= 4 is 38.4 Å². The van der Waals surface area contributed by atoms with Crippen LogP contribution in [0.3, 0.4) is 0 Å². The number of piperazine rings is 1. The van der Waals surface area contributed by atoms with E-state index in [2.05, 4.69) is 49.8 Å². The van der Waals surface area contributed by atoms with Crippen LogP contribution in [0.2, 0.25) is 0 Å². The molecule has 226 valence electrons. The molecular formula is C30H43N9O2S. The van der Waals surface area contributed by atoms with Gasteiger partial charge >= 0.3 is 0 Å². The van der Waals surface area contributed by atoms with Crippen LogP contribution in [-0.4, -0.2) is 98.8 Å². The first-order chi connectivity index (χ1) is 20.2. The molecule has 4 fully saturated rings. The predicted molar refractivity (Wildman–Crippen MR) is 165 cm³/mol. The van der Waals surface area contributed by atoms with E-state index >= 15 is 0 Å². The Labute approximate surface area is 248 Å². The average Bonchev–Trinajstić information content (AvgIpc) is 3.60. The van der Waals surface area contributed by atoms with Crippen LogP contribution in [0, 0.1) is 6.92 Å². The highest BCUT2D eigenvalue weighted by Gasteiger charge is 2.60. The first-order valence-electron chi connectivity index (χ1n) is 15.5. The third-order valence-electron chi connectivity index (χ3n) is 9.97. The second-order valence-corrected chi connectivity index (χ2v) is 15.2. The Bertz CT molecular complexity index is 1550. The molecule has 2 bridgehead atoms. The number of rotatable bonds is 9. The van der Waals surface area contributed by atoms with Gasteiger partial charge in [0.1, 0.15) is 11.6 Å². The molecule has 1 unspecified atom stereocenters. The predicted octanol–water partition coefficient (Wildman–Crippen LogP) is 3.83. The second-order valence-electron chi connectivity index (χ2n) is 12.9. The molecule has 1 aliphatic carbocycles. The number of fused-ring (bicyclic) bond motifs is 3. The number of hydrogen-bond donors (Lipinski definition) is 3. The SMILES string of the molecule is CCC1(S(=O)(=O)N2[C@@H]3CC[C@H]2CC(Nc2nc(Nc4cc(C)[nH]n4)cc4nc(CN5CCN(C)CC5)ccc24)C3)CC1. The minimum atomic E-state index is -3.27. The van der Waals surface area contributed by atoms with Gasteiger partial charge in [0.05, 0.1) is 16.0 Å². The van der Waals surface area contributed by atoms with Crippen molar-refractivity contribution in [3.8, 4) is 0 Å². The summed E-state index contributed by atoms with van der Waals surface area (Å²) in [5, 5.41) is 15.4. The number of aromatic nitrogens is 4. The van der Waals surface area contributed by atoms with E-state index < -0.39 is 14.8 Å². The van der Waals surface area contributed by atoms with E-state index in [9.17, 15) is 8.42 Å². The summed E-state index contributed by atoms with van der Waals surface area (Å²) < 4.78 is 28.8. The van der Waals surface area contributed by atoms with E-state index in [-0.39, 0.29) is 18.1 Å². The molecule has 0 radical (unpaired) electrons. The van der Waals surface area contributed by atoms with E-state index in [1.807, 2.05) is 30.3 Å². The molecule has 1 saturated carbocycles. The standard InChI is InChI=1S/C30H43N9O2S/c1-4-30(9-10-30)42(40,41)39-23-6-7-24(39)17-22(16-23)32-29-25-8-5-21(19-38-13-11-37(3)12-14-38)31-26(25)18-27(34-29)33-28-15-20(2)35-36-28/h5,8,15,18,22-24H,4,6-7,9-14,16-17,19H2,1-3H3,(H3,32,33,34,35,36)/t22?,23-,24+. The molecule has 42 heavy (non-hydrogen) atoms. The lowest BCUT2D eigenvalue weighted by molar-refractivity contribution is 0.147. The van der Waals surface area contributed by atoms with Gasteiger partial charge in [-0.15, -0.1) is 0 Å². The Morgan fingerprint density at radius 3 is 2.40 bits per heavy atom. The van der Waals surface area contributed by atoms with Crippen molar-refractivity contribution in [2.24, 2.45) is 0 Å². The third kappa shape index (κ3) is 5.16. The van der Waals surface area contributed by atoms with Crippen LogP contribution in [0.1, 0.15) is 63.3 Å². The lowest BCUT2D eigenvalue weighted by atomic mass is 9.99. The van der Waals surface area contributed by atoms with Gasteiger partial charge in [-0.2, -0.15) is 9.40 Å². The van der Waals surface area contributed by atoms with Gasteiger partial charge in [0, 0.05) is 74.1 Å². The van der Waals surface area contributed by atoms with Crippen molar-refractivity contribution in [1.29, 1.82) is 0 Å². The fourth-order valence-electron chi connectivity index (χ4n) is 7.27. The Balaban J connectivity index is 1.15. The summed E-state index contributed by atoms with van der Waals surface area (Å²) >= 11 is 0. The Morgan fingerprint density at radius 2 is 1.76 bits per heavy atom. The van der Waals surface area contributed by atoms with E-state index in [1.54, 1.807) is 0 Å². The molecule has 7 rings (SSSR count). The van der Waals surface area contributed by atoms with Gasteiger partial charge in [-0.3, -0.25) is 15.0 Å². The normalized spacial score (nSPS) is 26.5. The number of pyridine rings is 2. The maximum Gasteiger partial charge on any atom is 0.220 e. The quantitative estimate of drug-likeness (QED) is 0.340. The summed E-state index contributed by atoms with van der Waals surface area (Å²) in [6, 6.07) is 8.47. The number of aryl methyl sites for hydroxylation is 1. The highest BCUT2D eigenvalue weighted by molar-refractivity contribution is 7.90. The van der Waals surface area contributed by atoms with Crippen molar-refractivity contribution < 1.29 is 8.42 Å². The zero-order chi connectivity index (χ0) is 29.1. The highest BCUT2D eigenvalue weighted by Crippen LogP contribution is 2.52. The monoisotopic (exact) mass is 593 g/mol. The number of sulfonamides is 1. The minimum absolute atomic E-state index is 0.0585. The molecule has 4 aliphatic rings. The maximum absolute atomic E-state index is 13.7. The number of hydrogen-bond acceptors (Lipinski definition) is 9. The third-order valence-corrected chi connectivity index (χ3v) is 12.9. The lowest BCUT2D eigenvalue weighted by Crippen LogP contribution is -2.53. The highest BCUT2D eigenvalue weighted by atomic mass is 32.2. The molecule has 3 atom stereocenters. The van der Waals surface area contributed by atoms with E-state index in [4.69, 9.17) is 9.97 Å². The number of H-pyrrole nitrogens is 1. The number of piperidine rings is 1. The Kier molecular flexibility index (Phi) is 7.15. The minimum Gasteiger partial charge on any atom is -0.367 e. The number of nitrogens with zero attached hydrogens (tertiary/aromatic N) is 6. The van der Waals surface area contributed by atoms with Gasteiger partial charge in [0.2, 0.25) is 10.0 Å². The molecule has 0 amide bonds. The van der Waals surface area contributed by atoms with Gasteiger partial charge in [-0.05, 0) is 71.0 Å². The van der Waals surface area contributed by atoms with Crippen LogP contribution < -0.4 is 10.6 Å². The van der Waals surface area contributed by atoms with E-state index in [1.165, 1.54) is 0 Å². The van der Waals surface area contributed by atoms with Crippen molar-refractivity contribution in [3.63, 3.8) is 0 Å². The summed E-state index contributed by atoms with van der Waals surface area (Å²) in [7, 11) is -1.10. The molecule has 11 nitrogen and oxygen atoms in total. The molecule has 3 aromatic heterocycles. The molecule has 6 heterocycles. The zero-order valence-corrected chi connectivity index (χ0v) is 25.8. The number of aromatic amines is 1. The summed E-state index contributed by atoms with van der Waals surface area (Å²) in [4.78, 5) is 14.9. The fraction of sp³-hybridized carbons (Fsp3) is 0.633. The number of anilines is 3. The van der Waals surface area contributed by atoms with Crippen LogP contribution in [0.5, 0.6) is 0 Å². The lowest BCUT2D eigenvalue weighted by Gasteiger charge is -2.40. The van der Waals surface area contributed by atoms with Crippen LogP contribution >= 0.6 is 0 Å². The van der Waals surface area contributed by atoms with Gasteiger partial charge < -0.3 is 15.5 Å². The van der Waals surface area contributed by atoms with Gasteiger partial charge in [0.15, 0.2) is 5.82 Å². The van der Waals surface area contributed by atoms with E-state index in [0.29, 0.717) is 18.1 Å². The van der Waals surface area contributed by atoms with Crippen molar-refractivity contribution in [3.05, 3.63) is 35.7 Å². The molecule has 3 N–H and O–H groups in total. The maximum atomic E-state index is 13.7. The topological polar surface area (TPSA) is 122 Å². The molecule has 0 aromatic carbocycles. The second kappa shape index (κ2) is 10.7. The van der Waals surface area contributed by atoms with Crippen LogP contribution in [0.25, 0.3) is 10.9 Å². The molecule has 3 saturated heterocycles. The smallest absolute Gasteiger partial charge is 0.220 e. The summed E-state index contributed by atoms with van der Waals surface area (Å²) in [5.41, 5.74) is 2.90. The first kappa shape index (κ1) is 28.0. The van der Waals surface area contributed by atoms with Crippen molar-refractivity contribution in [2.45, 2.75) is 88.2 Å². The molecule has 3 aliphatic heterocycles. The van der Waals surface area contributed by atoms with Crippen LogP contribution in [0.4, 0.5) is 17.5 Å². The Hall–Kier alpha value is -2.80. The first-order valence-corrected chi connectivity index (χ1v) is 17.0. The number of likely N-dealkylation sites (N-methyl/N-ethyl adjacent to an activating group) is 1. The molecule has 12 heteroatoms. The molecular weight excluding hydrogens is 550 g/mol. The summed E-state index contributed by atoms with van der Waals surface area (Å²) in [6.07, 6.45) is 5.79. The fourth-order valence-corrected chi connectivity index (χ4v) is 9.87. The summed E-state index contributed by atoms with van der Waals surface area (Å²) in [6.45, 7) is 9.05. The molecule has 0 spiro atoms. The van der Waals surface area contributed by atoms with Crippen LogP contribution in [0.15, 0.2) is 24.3 Å². The number of nitrogens with one attached hydrogen (secondary N) is 3. The van der Waals surface area contributed by atoms with E-state index in [0.717, 1.165) is 99.4 Å². The largest absolute Gasteiger partial charge is 0.367 e. The van der Waals surface area contributed by atoms with Crippen LogP contribution in [-0.2, 0) is 16.6 Å². The zero-order valence-electron chi connectivity index (χ0n) is 24.9.